The molecule has 1 aliphatic rings. The maximum absolute atomic E-state index is 14.7. The molecule has 1 aliphatic heterocycles. The van der Waals surface area contributed by atoms with Crippen LogP contribution in [0.3, 0.4) is 0 Å². The van der Waals surface area contributed by atoms with Crippen molar-refractivity contribution in [1.82, 2.24) is 24.5 Å². The molecule has 42 heavy (non-hydrogen) atoms. The van der Waals surface area contributed by atoms with E-state index in [1.807, 2.05) is 12.1 Å². The number of piperidine rings is 1. The van der Waals surface area contributed by atoms with E-state index in [2.05, 4.69) is 19.9 Å². The normalized spacial score (nSPS) is 15.4. The molecule has 1 atom stereocenters. The first-order valence-electron chi connectivity index (χ1n) is 13.6. The number of rotatable bonds is 7. The SMILES string of the molecule is Cn1c(-c2ccncc2F)nc2c(N3CCCC[C@@H]3CO)c(CC(=O)c3ccnc(-c4c(F)cccc4F)n3)ccc21. The third-order valence-electron chi connectivity index (χ3n) is 7.73. The number of aromatic nitrogens is 5. The van der Waals surface area contributed by atoms with Crippen LogP contribution < -0.4 is 4.90 Å². The van der Waals surface area contributed by atoms with E-state index >= 15 is 0 Å². The molecule has 6 rings (SSSR count). The van der Waals surface area contributed by atoms with Crippen molar-refractivity contribution in [3.8, 4) is 22.8 Å². The first-order chi connectivity index (χ1) is 20.4. The molecule has 1 fully saturated rings. The van der Waals surface area contributed by atoms with Crippen LogP contribution in [-0.2, 0) is 13.5 Å². The number of imidazole rings is 1. The molecule has 0 spiro atoms. The summed E-state index contributed by atoms with van der Waals surface area (Å²) in [6, 6.07) is 9.89. The van der Waals surface area contributed by atoms with Crippen LogP contribution in [0.2, 0.25) is 0 Å². The fraction of sp³-hybridized carbons (Fsp3) is 0.258. The second-order valence-corrected chi connectivity index (χ2v) is 10.3. The Morgan fingerprint density at radius 1 is 1.00 bits per heavy atom. The number of ketones is 1. The van der Waals surface area contributed by atoms with Crippen LogP contribution in [0.25, 0.3) is 33.8 Å². The quantitative estimate of drug-likeness (QED) is 0.265. The number of carbonyl (C=O) groups excluding carboxylic acids is 1. The van der Waals surface area contributed by atoms with Gasteiger partial charge in [0.25, 0.3) is 0 Å². The predicted octanol–water partition coefficient (Wildman–Crippen LogP) is 5.29. The molecule has 0 unspecified atom stereocenters. The number of benzene rings is 2. The lowest BCUT2D eigenvalue weighted by atomic mass is 9.97. The van der Waals surface area contributed by atoms with Crippen LogP contribution in [0.4, 0.5) is 18.9 Å². The first-order valence-corrected chi connectivity index (χ1v) is 13.6. The predicted molar refractivity (Wildman–Crippen MR) is 151 cm³/mol. The van der Waals surface area contributed by atoms with Gasteiger partial charge in [-0.15, -0.1) is 0 Å². The zero-order valence-corrected chi connectivity index (χ0v) is 22.8. The number of hydrogen-bond acceptors (Lipinski definition) is 7. The Balaban J connectivity index is 1.45. The Morgan fingerprint density at radius 2 is 1.81 bits per heavy atom. The van der Waals surface area contributed by atoms with Crippen molar-refractivity contribution in [2.75, 3.05) is 18.1 Å². The maximum atomic E-state index is 14.7. The van der Waals surface area contributed by atoms with Gasteiger partial charge in [-0.05, 0) is 55.2 Å². The minimum absolute atomic E-state index is 0.00613. The zero-order chi connectivity index (χ0) is 29.4. The molecular formula is C31H27F3N6O2. The number of hydrogen-bond donors (Lipinski definition) is 1. The minimum Gasteiger partial charge on any atom is -0.394 e. The number of fused-ring (bicyclic) bond motifs is 1. The van der Waals surface area contributed by atoms with E-state index in [0.717, 1.165) is 43.1 Å². The summed E-state index contributed by atoms with van der Waals surface area (Å²) in [5, 5.41) is 10.2. The van der Waals surface area contributed by atoms with E-state index < -0.39 is 23.0 Å². The van der Waals surface area contributed by atoms with E-state index in [-0.39, 0.29) is 36.4 Å². The van der Waals surface area contributed by atoms with Crippen LogP contribution >= 0.6 is 0 Å². The fourth-order valence-corrected chi connectivity index (χ4v) is 5.64. The molecule has 8 nitrogen and oxygen atoms in total. The van der Waals surface area contributed by atoms with Gasteiger partial charge in [0.15, 0.2) is 17.4 Å². The lowest BCUT2D eigenvalue weighted by Crippen LogP contribution is -2.42. The van der Waals surface area contributed by atoms with Crippen molar-refractivity contribution < 1.29 is 23.1 Å². The van der Waals surface area contributed by atoms with Gasteiger partial charge in [-0.2, -0.15) is 0 Å². The van der Waals surface area contributed by atoms with Crippen molar-refractivity contribution in [3.63, 3.8) is 0 Å². The van der Waals surface area contributed by atoms with Crippen molar-refractivity contribution in [1.29, 1.82) is 0 Å². The third kappa shape index (κ3) is 4.89. The molecule has 2 aromatic carbocycles. The van der Waals surface area contributed by atoms with Crippen molar-refractivity contribution in [3.05, 3.63) is 89.8 Å². The first kappa shape index (κ1) is 27.5. The number of carbonyl (C=O) groups is 1. The molecule has 3 aromatic heterocycles. The molecule has 1 saturated heterocycles. The number of pyridine rings is 1. The van der Waals surface area contributed by atoms with E-state index in [0.29, 0.717) is 34.7 Å². The van der Waals surface area contributed by atoms with Crippen LogP contribution in [0.15, 0.2) is 61.1 Å². The van der Waals surface area contributed by atoms with Gasteiger partial charge in [0.1, 0.15) is 28.7 Å². The highest BCUT2D eigenvalue weighted by Crippen LogP contribution is 2.37. The van der Waals surface area contributed by atoms with Crippen molar-refractivity contribution in [2.24, 2.45) is 7.05 Å². The molecule has 5 aromatic rings. The Hall–Kier alpha value is -4.64. The molecule has 0 saturated carbocycles. The average molecular weight is 573 g/mol. The summed E-state index contributed by atoms with van der Waals surface area (Å²) in [4.78, 5) is 32.6. The minimum atomic E-state index is -0.830. The fourth-order valence-electron chi connectivity index (χ4n) is 5.64. The number of aryl methyl sites for hydroxylation is 1. The van der Waals surface area contributed by atoms with E-state index in [1.165, 1.54) is 24.5 Å². The van der Waals surface area contributed by atoms with Gasteiger partial charge in [0.2, 0.25) is 0 Å². The van der Waals surface area contributed by atoms with Crippen LogP contribution in [0.5, 0.6) is 0 Å². The van der Waals surface area contributed by atoms with Crippen LogP contribution in [0, 0.1) is 17.5 Å². The number of Topliss-reactive ketones (excluding diaryl/α,β-unsaturated/α-hetero) is 1. The summed E-state index contributed by atoms with van der Waals surface area (Å²) in [6.45, 7) is 0.567. The van der Waals surface area contributed by atoms with Gasteiger partial charge in [-0.1, -0.05) is 12.1 Å². The second kappa shape index (κ2) is 11.3. The second-order valence-electron chi connectivity index (χ2n) is 10.3. The Kier molecular flexibility index (Phi) is 7.42. The van der Waals surface area contributed by atoms with Crippen molar-refractivity contribution in [2.45, 2.75) is 31.7 Å². The van der Waals surface area contributed by atoms with Gasteiger partial charge < -0.3 is 14.6 Å². The number of aliphatic hydroxyl groups is 1. The van der Waals surface area contributed by atoms with Gasteiger partial charge in [0, 0.05) is 32.4 Å². The van der Waals surface area contributed by atoms with E-state index in [4.69, 9.17) is 4.98 Å². The smallest absolute Gasteiger partial charge is 0.185 e. The van der Waals surface area contributed by atoms with E-state index in [1.54, 1.807) is 17.7 Å². The molecule has 0 amide bonds. The monoisotopic (exact) mass is 572 g/mol. The summed E-state index contributed by atoms with van der Waals surface area (Å²) in [6.07, 6.45) is 6.45. The van der Waals surface area contributed by atoms with E-state index in [9.17, 15) is 23.1 Å². The number of halogens is 3. The molecular weight excluding hydrogens is 545 g/mol. The molecule has 1 N–H and O–H groups in total. The van der Waals surface area contributed by atoms with Crippen LogP contribution in [0.1, 0.15) is 35.3 Å². The molecule has 0 aliphatic carbocycles. The maximum Gasteiger partial charge on any atom is 0.185 e. The highest BCUT2D eigenvalue weighted by molar-refractivity contribution is 6.00. The number of nitrogens with zero attached hydrogens (tertiary/aromatic N) is 6. The third-order valence-corrected chi connectivity index (χ3v) is 7.73. The lowest BCUT2D eigenvalue weighted by molar-refractivity contribution is 0.0988. The number of anilines is 1. The highest BCUT2D eigenvalue weighted by Gasteiger charge is 2.29. The van der Waals surface area contributed by atoms with Gasteiger partial charge in [0.05, 0.1) is 41.2 Å². The average Bonchev–Trinajstić information content (AvgIpc) is 3.33. The highest BCUT2D eigenvalue weighted by atomic mass is 19.1. The summed E-state index contributed by atoms with van der Waals surface area (Å²) < 4.78 is 45.3. The van der Waals surface area contributed by atoms with Crippen LogP contribution in [-0.4, -0.2) is 54.6 Å². The Morgan fingerprint density at radius 3 is 2.57 bits per heavy atom. The van der Waals surface area contributed by atoms with Gasteiger partial charge in [-0.25, -0.2) is 28.1 Å². The largest absolute Gasteiger partial charge is 0.394 e. The summed E-state index contributed by atoms with van der Waals surface area (Å²) >= 11 is 0. The van der Waals surface area contributed by atoms with Crippen molar-refractivity contribution >= 4 is 22.5 Å². The summed E-state index contributed by atoms with van der Waals surface area (Å²) in [7, 11) is 1.79. The van der Waals surface area contributed by atoms with Gasteiger partial charge in [-0.3, -0.25) is 9.78 Å². The zero-order valence-electron chi connectivity index (χ0n) is 22.8. The standard InChI is InChI=1S/C31H27F3N6O2/c1-39-25-9-8-18(15-26(42)24-11-13-36-30(37-24)27-21(32)6-4-7-22(27)33)29(40-14-3-2-5-19(40)17-41)28(25)38-31(39)20-10-12-35-16-23(20)34/h4,6-13,16,19,41H,2-3,5,14-15,17H2,1H3/t19-/m1/s1. The Bertz CT molecular complexity index is 1790. The molecule has 0 bridgehead atoms. The Labute approximate surface area is 239 Å². The lowest BCUT2D eigenvalue weighted by Gasteiger charge is -2.37. The topological polar surface area (TPSA) is 97.0 Å². The molecule has 214 valence electrons. The molecule has 11 heteroatoms. The summed E-state index contributed by atoms with van der Waals surface area (Å²) in [5.41, 5.74) is 2.53. The molecule has 4 heterocycles. The summed E-state index contributed by atoms with van der Waals surface area (Å²) in [5.74, 6) is -2.38. The molecule has 0 radical (unpaired) electrons. The number of aliphatic hydroxyl groups excluding tert-OH is 1. The van der Waals surface area contributed by atoms with Gasteiger partial charge >= 0.3 is 0 Å².